The molecule has 11 heteroatoms. The summed E-state index contributed by atoms with van der Waals surface area (Å²) in [4.78, 5) is 17.9. The number of thiazole rings is 1. The van der Waals surface area contributed by atoms with Crippen LogP contribution < -0.4 is 20.1 Å². The van der Waals surface area contributed by atoms with Gasteiger partial charge in [0.2, 0.25) is 15.9 Å². The maximum absolute atomic E-state index is 13.1. The normalized spacial score (nSPS) is 14.9. The van der Waals surface area contributed by atoms with E-state index in [9.17, 15) is 13.2 Å². The molecular weight excluding hydrogens is 500 g/mol. The van der Waals surface area contributed by atoms with Gasteiger partial charge in [-0.1, -0.05) is 0 Å². The van der Waals surface area contributed by atoms with Gasteiger partial charge in [0.25, 0.3) is 0 Å². The quantitative estimate of drug-likeness (QED) is 0.449. The topological polar surface area (TPSA) is 110 Å². The third-order valence-corrected chi connectivity index (χ3v) is 9.05. The number of methoxy groups -OCH3 is 2. The number of hydrogen-bond acceptors (Lipinski definition) is 8. The average Bonchev–Trinajstić information content (AvgIpc) is 3.38. The molecule has 0 spiro atoms. The van der Waals surface area contributed by atoms with Crippen LogP contribution in [0.4, 0.5) is 10.8 Å². The summed E-state index contributed by atoms with van der Waals surface area (Å²) in [5.41, 5.74) is 2.97. The smallest absolute Gasteiger partial charge is 0.243 e. The summed E-state index contributed by atoms with van der Waals surface area (Å²) in [5.74, 6) is 0.724. The number of piperidine rings is 1. The first kappa shape index (κ1) is 25.9. The molecule has 192 valence electrons. The van der Waals surface area contributed by atoms with E-state index in [0.29, 0.717) is 30.0 Å². The van der Waals surface area contributed by atoms with Crippen LogP contribution in [0.1, 0.15) is 18.4 Å². The summed E-state index contributed by atoms with van der Waals surface area (Å²) in [6, 6.07) is 10.4. The molecule has 1 fully saturated rings. The van der Waals surface area contributed by atoms with Crippen molar-refractivity contribution in [2.75, 3.05) is 45.0 Å². The highest BCUT2D eigenvalue weighted by molar-refractivity contribution is 7.89. The van der Waals surface area contributed by atoms with E-state index >= 15 is 0 Å². The average molecular weight is 531 g/mol. The van der Waals surface area contributed by atoms with Crippen LogP contribution in [0.15, 0.2) is 46.7 Å². The van der Waals surface area contributed by atoms with Crippen molar-refractivity contribution in [2.45, 2.75) is 24.7 Å². The van der Waals surface area contributed by atoms with E-state index in [2.05, 4.69) is 15.6 Å². The van der Waals surface area contributed by atoms with Crippen LogP contribution in [-0.2, 0) is 14.8 Å². The fourth-order valence-electron chi connectivity index (χ4n) is 4.24. The largest absolute Gasteiger partial charge is 0.496 e. The van der Waals surface area contributed by atoms with Crippen LogP contribution in [0.25, 0.3) is 11.3 Å². The summed E-state index contributed by atoms with van der Waals surface area (Å²) < 4.78 is 38.4. The van der Waals surface area contributed by atoms with E-state index in [1.54, 1.807) is 38.5 Å². The van der Waals surface area contributed by atoms with E-state index in [4.69, 9.17) is 9.47 Å². The molecule has 0 aliphatic carbocycles. The molecule has 0 atom stereocenters. The first-order chi connectivity index (χ1) is 17.3. The summed E-state index contributed by atoms with van der Waals surface area (Å²) >= 11 is 1.50. The Balaban J connectivity index is 1.43. The molecule has 1 aliphatic rings. The van der Waals surface area contributed by atoms with Crippen LogP contribution >= 0.6 is 11.3 Å². The zero-order chi connectivity index (χ0) is 25.9. The maximum atomic E-state index is 13.1. The van der Waals surface area contributed by atoms with Crippen LogP contribution in [0.2, 0.25) is 0 Å². The second-order valence-electron chi connectivity index (χ2n) is 8.50. The highest BCUT2D eigenvalue weighted by Gasteiger charge is 2.32. The number of carbonyl (C=O) groups excluding carboxylic acids is 1. The predicted octanol–water partition coefficient (Wildman–Crippen LogP) is 4.22. The number of anilines is 2. The van der Waals surface area contributed by atoms with E-state index in [1.807, 2.05) is 31.5 Å². The number of aromatic nitrogens is 1. The van der Waals surface area contributed by atoms with E-state index in [0.717, 1.165) is 22.0 Å². The second-order valence-corrected chi connectivity index (χ2v) is 11.3. The minimum atomic E-state index is -3.65. The third-order valence-electron chi connectivity index (χ3n) is 6.30. The lowest BCUT2D eigenvalue weighted by molar-refractivity contribution is -0.120. The molecule has 0 unspecified atom stereocenters. The summed E-state index contributed by atoms with van der Waals surface area (Å²) in [6.07, 6.45) is 0.861. The van der Waals surface area contributed by atoms with Crippen LogP contribution in [0.5, 0.6) is 11.5 Å². The van der Waals surface area contributed by atoms with Crippen LogP contribution in [0.3, 0.4) is 0 Å². The second kappa shape index (κ2) is 10.9. The first-order valence-corrected chi connectivity index (χ1v) is 13.9. The summed E-state index contributed by atoms with van der Waals surface area (Å²) in [7, 11) is 1.27. The fraction of sp³-hybridized carbons (Fsp3) is 0.360. The standard InChI is InChI=1S/C25H30N4O5S2/c1-16-13-19(6-8-22(16)33-3)36(31,32)29-11-9-17(10-12-29)24(30)27-20-14-18(5-7-23(20)34-4)21-15-35-25(26-2)28-21/h5-8,13-15,17H,9-12H2,1-4H3,(H,26,28)(H,27,30). The third kappa shape index (κ3) is 5.32. The van der Waals surface area contributed by atoms with Gasteiger partial charge in [-0.2, -0.15) is 4.31 Å². The predicted molar refractivity (Wildman–Crippen MR) is 141 cm³/mol. The number of carbonyl (C=O) groups is 1. The molecular formula is C25H30N4O5S2. The molecule has 36 heavy (non-hydrogen) atoms. The number of amides is 1. The molecule has 2 aromatic carbocycles. The summed E-state index contributed by atoms with van der Waals surface area (Å²) in [5, 5.41) is 8.75. The first-order valence-electron chi connectivity index (χ1n) is 11.5. The number of hydrogen-bond donors (Lipinski definition) is 2. The molecule has 2 heterocycles. The minimum absolute atomic E-state index is 0.156. The van der Waals surface area contributed by atoms with Gasteiger partial charge in [-0.25, -0.2) is 13.4 Å². The Bertz CT molecular complexity index is 1350. The molecule has 4 rings (SSSR count). The number of benzene rings is 2. The van der Waals surface area contributed by atoms with E-state index < -0.39 is 10.0 Å². The van der Waals surface area contributed by atoms with Crippen molar-refractivity contribution in [3.05, 3.63) is 47.3 Å². The number of sulfonamides is 1. The van der Waals surface area contributed by atoms with Crippen molar-refractivity contribution >= 4 is 38.1 Å². The van der Waals surface area contributed by atoms with Crippen LogP contribution in [-0.4, -0.2) is 58.0 Å². The Morgan fingerprint density at radius 1 is 1.08 bits per heavy atom. The van der Waals surface area contributed by atoms with E-state index in [1.165, 1.54) is 15.6 Å². The lowest BCUT2D eigenvalue weighted by Gasteiger charge is -2.30. The lowest BCUT2D eigenvalue weighted by atomic mass is 9.97. The Morgan fingerprint density at radius 3 is 2.39 bits per heavy atom. The number of aryl methyl sites for hydroxylation is 1. The Hall–Kier alpha value is -3.15. The molecule has 3 aromatic rings. The Kier molecular flexibility index (Phi) is 7.82. The maximum Gasteiger partial charge on any atom is 0.243 e. The van der Waals surface area contributed by atoms with Crippen molar-refractivity contribution in [1.29, 1.82) is 0 Å². The molecule has 1 aliphatic heterocycles. The van der Waals surface area contributed by atoms with Crippen molar-refractivity contribution in [1.82, 2.24) is 9.29 Å². The fourth-order valence-corrected chi connectivity index (χ4v) is 6.48. The van der Waals surface area contributed by atoms with Gasteiger partial charge in [0.15, 0.2) is 5.13 Å². The van der Waals surface area contributed by atoms with Crippen molar-refractivity contribution in [2.24, 2.45) is 5.92 Å². The van der Waals surface area contributed by atoms with Gasteiger partial charge in [0.05, 0.1) is 30.5 Å². The van der Waals surface area contributed by atoms with Crippen LogP contribution in [0, 0.1) is 12.8 Å². The van der Waals surface area contributed by atoms with Crippen molar-refractivity contribution in [3.63, 3.8) is 0 Å². The van der Waals surface area contributed by atoms with Gasteiger partial charge in [-0.3, -0.25) is 4.79 Å². The molecule has 2 N–H and O–H groups in total. The van der Waals surface area contributed by atoms with Gasteiger partial charge < -0.3 is 20.1 Å². The SMILES string of the molecule is CNc1nc(-c2ccc(OC)c(NC(=O)C3CCN(S(=O)(=O)c4ccc(OC)c(C)c4)CC3)c2)cs1. The Morgan fingerprint density at radius 2 is 1.78 bits per heavy atom. The highest BCUT2D eigenvalue weighted by atomic mass is 32.2. The van der Waals surface area contributed by atoms with Gasteiger partial charge in [-0.05, 0) is 61.7 Å². The van der Waals surface area contributed by atoms with Crippen molar-refractivity contribution < 1.29 is 22.7 Å². The number of rotatable bonds is 8. The Labute approximate surface area is 215 Å². The molecule has 1 saturated heterocycles. The van der Waals surface area contributed by atoms with Gasteiger partial charge in [0.1, 0.15) is 11.5 Å². The minimum Gasteiger partial charge on any atom is -0.496 e. The van der Waals surface area contributed by atoms with Crippen molar-refractivity contribution in [3.8, 4) is 22.8 Å². The lowest BCUT2D eigenvalue weighted by Crippen LogP contribution is -2.41. The molecule has 9 nitrogen and oxygen atoms in total. The zero-order valence-electron chi connectivity index (χ0n) is 20.7. The molecule has 0 bridgehead atoms. The molecule has 0 saturated carbocycles. The molecule has 0 radical (unpaired) electrons. The monoisotopic (exact) mass is 530 g/mol. The summed E-state index contributed by atoms with van der Waals surface area (Å²) in [6.45, 7) is 2.36. The van der Waals surface area contributed by atoms with Gasteiger partial charge >= 0.3 is 0 Å². The number of ether oxygens (including phenoxy) is 2. The molecule has 1 amide bonds. The number of nitrogens with zero attached hydrogens (tertiary/aromatic N) is 2. The molecule has 1 aromatic heterocycles. The zero-order valence-corrected chi connectivity index (χ0v) is 22.3. The van der Waals surface area contributed by atoms with Gasteiger partial charge in [0, 0.05) is 37.0 Å². The number of nitrogens with one attached hydrogen (secondary N) is 2. The van der Waals surface area contributed by atoms with Gasteiger partial charge in [-0.15, -0.1) is 11.3 Å². The van der Waals surface area contributed by atoms with E-state index in [-0.39, 0.29) is 29.8 Å². The highest BCUT2D eigenvalue weighted by Crippen LogP contribution is 2.33.